The summed E-state index contributed by atoms with van der Waals surface area (Å²) in [5.41, 5.74) is 1.35. The smallest absolute Gasteiger partial charge is 0.267 e. The van der Waals surface area contributed by atoms with Crippen LogP contribution in [0.2, 0.25) is 0 Å². The van der Waals surface area contributed by atoms with Gasteiger partial charge in [0.1, 0.15) is 0 Å². The molecule has 0 radical (unpaired) electrons. The van der Waals surface area contributed by atoms with Gasteiger partial charge in [0.15, 0.2) is 5.82 Å². The van der Waals surface area contributed by atoms with Gasteiger partial charge in [0.25, 0.3) is 5.56 Å². The molecule has 4 nitrogen and oxygen atoms in total. The molecule has 2 heterocycles. The maximum atomic E-state index is 12.9. The van der Waals surface area contributed by atoms with Crippen molar-refractivity contribution in [1.82, 2.24) is 9.66 Å². The minimum Gasteiger partial charge on any atom is -0.267 e. The van der Waals surface area contributed by atoms with Crippen LogP contribution in [-0.2, 0) is 0 Å². The van der Waals surface area contributed by atoms with Gasteiger partial charge in [-0.1, -0.05) is 48.5 Å². The Morgan fingerprint density at radius 3 is 2.54 bits per heavy atom. The van der Waals surface area contributed by atoms with Gasteiger partial charge >= 0.3 is 0 Å². The number of aromatic nitrogens is 2. The number of para-hydroxylation sites is 1. The lowest BCUT2D eigenvalue weighted by Crippen LogP contribution is -2.20. The second kappa shape index (κ2) is 6.22. The molecular weight excluding hydrogens is 318 g/mol. The zero-order chi connectivity index (χ0) is 16.4. The summed E-state index contributed by atoms with van der Waals surface area (Å²) in [6, 6.07) is 20.9. The van der Waals surface area contributed by atoms with E-state index in [2.05, 4.69) is 10.1 Å². The van der Waals surface area contributed by atoms with Crippen molar-refractivity contribution in [3.05, 3.63) is 87.3 Å². The normalized spacial score (nSPS) is 11.3. The van der Waals surface area contributed by atoms with Crippen molar-refractivity contribution in [3.8, 4) is 11.4 Å². The van der Waals surface area contributed by atoms with Crippen LogP contribution in [0.3, 0.4) is 0 Å². The molecule has 2 aromatic carbocycles. The third kappa shape index (κ3) is 2.66. The monoisotopic (exact) mass is 331 g/mol. The summed E-state index contributed by atoms with van der Waals surface area (Å²) in [4.78, 5) is 18.5. The fraction of sp³-hybridized carbons (Fsp3) is 0. The largest absolute Gasteiger partial charge is 0.282 e. The van der Waals surface area contributed by atoms with E-state index in [4.69, 9.17) is 0 Å². The molecule has 116 valence electrons. The molecule has 4 aromatic rings. The molecule has 0 fully saturated rings. The van der Waals surface area contributed by atoms with Crippen LogP contribution < -0.4 is 5.56 Å². The topological polar surface area (TPSA) is 47.2 Å². The molecule has 0 bridgehead atoms. The number of hydrogen-bond acceptors (Lipinski definition) is 4. The fourth-order valence-electron chi connectivity index (χ4n) is 2.48. The molecule has 0 unspecified atom stereocenters. The number of benzene rings is 2. The molecule has 4 rings (SSSR count). The van der Waals surface area contributed by atoms with Crippen molar-refractivity contribution < 1.29 is 0 Å². The molecule has 0 N–H and O–H groups in total. The summed E-state index contributed by atoms with van der Waals surface area (Å²) in [7, 11) is 0. The predicted molar refractivity (Wildman–Crippen MR) is 98.8 cm³/mol. The first-order chi connectivity index (χ1) is 11.8. The van der Waals surface area contributed by atoms with E-state index in [9.17, 15) is 4.79 Å². The quantitative estimate of drug-likeness (QED) is 0.533. The van der Waals surface area contributed by atoms with E-state index in [1.165, 1.54) is 4.68 Å². The Bertz CT molecular complexity index is 1070. The standard InChI is InChI=1S/C19H13N3OS/c23-19-16-10-4-5-11-17(16)21-18(14-7-2-1-3-8-14)22(19)20-13-15-9-6-12-24-15/h1-13H. The molecule has 0 saturated heterocycles. The first-order valence-corrected chi connectivity index (χ1v) is 8.36. The van der Waals surface area contributed by atoms with Crippen LogP contribution >= 0.6 is 11.3 Å². The second-order valence-electron chi connectivity index (χ2n) is 5.20. The Labute approximate surface area is 142 Å². The van der Waals surface area contributed by atoms with Crippen LogP contribution in [0.5, 0.6) is 0 Å². The Morgan fingerprint density at radius 2 is 1.75 bits per heavy atom. The molecule has 0 amide bonds. The lowest BCUT2D eigenvalue weighted by Gasteiger charge is -2.09. The number of rotatable bonds is 3. The summed E-state index contributed by atoms with van der Waals surface area (Å²) < 4.78 is 1.37. The van der Waals surface area contributed by atoms with Crippen LogP contribution in [0.1, 0.15) is 4.88 Å². The first-order valence-electron chi connectivity index (χ1n) is 7.48. The predicted octanol–water partition coefficient (Wildman–Crippen LogP) is 4.01. The van der Waals surface area contributed by atoms with Crippen molar-refractivity contribution in [2.45, 2.75) is 0 Å². The van der Waals surface area contributed by atoms with Crippen LogP contribution in [0.15, 0.2) is 82.0 Å². The number of nitrogens with zero attached hydrogens (tertiary/aromatic N) is 3. The van der Waals surface area contributed by atoms with Crippen molar-refractivity contribution >= 4 is 28.5 Å². The van der Waals surface area contributed by atoms with Gasteiger partial charge in [-0.25, -0.2) is 4.98 Å². The minimum atomic E-state index is -0.174. The summed E-state index contributed by atoms with van der Waals surface area (Å²) >= 11 is 1.57. The van der Waals surface area contributed by atoms with Crippen LogP contribution in [0.25, 0.3) is 22.3 Å². The molecule has 0 aliphatic heterocycles. The lowest BCUT2D eigenvalue weighted by molar-refractivity contribution is 0.830. The minimum absolute atomic E-state index is 0.174. The summed E-state index contributed by atoms with van der Waals surface area (Å²) in [5.74, 6) is 0.534. The highest BCUT2D eigenvalue weighted by Gasteiger charge is 2.11. The van der Waals surface area contributed by atoms with E-state index in [-0.39, 0.29) is 5.56 Å². The van der Waals surface area contributed by atoms with Crippen molar-refractivity contribution in [1.29, 1.82) is 0 Å². The zero-order valence-corrected chi connectivity index (χ0v) is 13.5. The summed E-state index contributed by atoms with van der Waals surface area (Å²) in [6.45, 7) is 0. The van der Waals surface area contributed by atoms with Crippen LogP contribution in [0, 0.1) is 0 Å². The molecule has 2 aromatic heterocycles. The second-order valence-corrected chi connectivity index (χ2v) is 6.17. The van der Waals surface area contributed by atoms with E-state index < -0.39 is 0 Å². The van der Waals surface area contributed by atoms with E-state index in [0.29, 0.717) is 16.7 Å². The van der Waals surface area contributed by atoms with Gasteiger partial charge < -0.3 is 0 Å². The van der Waals surface area contributed by atoms with E-state index in [1.54, 1.807) is 23.6 Å². The van der Waals surface area contributed by atoms with Crippen LogP contribution in [-0.4, -0.2) is 15.9 Å². The molecule has 5 heteroatoms. The molecule has 24 heavy (non-hydrogen) atoms. The van der Waals surface area contributed by atoms with Gasteiger partial charge in [0.05, 0.1) is 17.1 Å². The van der Waals surface area contributed by atoms with Crippen molar-refractivity contribution in [2.75, 3.05) is 0 Å². The molecule has 0 aliphatic carbocycles. The fourth-order valence-corrected chi connectivity index (χ4v) is 3.06. The van der Waals surface area contributed by atoms with Gasteiger partial charge in [0, 0.05) is 10.4 Å². The van der Waals surface area contributed by atoms with E-state index >= 15 is 0 Å². The zero-order valence-electron chi connectivity index (χ0n) is 12.7. The molecular formula is C19H13N3OS. The third-order valence-electron chi connectivity index (χ3n) is 3.63. The Hall–Kier alpha value is -3.05. The molecule has 0 spiro atoms. The highest BCUT2D eigenvalue weighted by molar-refractivity contribution is 7.11. The maximum Gasteiger partial charge on any atom is 0.282 e. The van der Waals surface area contributed by atoms with E-state index in [0.717, 1.165) is 10.4 Å². The van der Waals surface area contributed by atoms with Gasteiger partial charge in [0.2, 0.25) is 0 Å². The van der Waals surface area contributed by atoms with Crippen molar-refractivity contribution in [2.24, 2.45) is 5.10 Å². The number of fused-ring (bicyclic) bond motifs is 1. The Kier molecular flexibility index (Phi) is 3.76. The van der Waals surface area contributed by atoms with E-state index in [1.807, 2.05) is 66.0 Å². The number of thiophene rings is 1. The molecule has 0 aliphatic rings. The molecule has 0 atom stereocenters. The Balaban J connectivity index is 1.98. The first kappa shape index (κ1) is 14.5. The van der Waals surface area contributed by atoms with Gasteiger partial charge in [-0.05, 0) is 23.6 Å². The number of hydrogen-bond donors (Lipinski definition) is 0. The molecule has 0 saturated carbocycles. The van der Waals surface area contributed by atoms with Crippen LogP contribution in [0.4, 0.5) is 0 Å². The highest BCUT2D eigenvalue weighted by atomic mass is 32.1. The van der Waals surface area contributed by atoms with Crippen molar-refractivity contribution in [3.63, 3.8) is 0 Å². The average Bonchev–Trinajstić information content (AvgIpc) is 3.15. The average molecular weight is 331 g/mol. The maximum absolute atomic E-state index is 12.9. The van der Waals surface area contributed by atoms with Gasteiger partial charge in [-0.15, -0.1) is 11.3 Å². The third-order valence-corrected chi connectivity index (χ3v) is 4.44. The van der Waals surface area contributed by atoms with Gasteiger partial charge in [-0.2, -0.15) is 9.78 Å². The summed E-state index contributed by atoms with van der Waals surface area (Å²) in [5, 5.41) is 6.93. The van der Waals surface area contributed by atoms with Gasteiger partial charge in [-0.3, -0.25) is 4.79 Å². The summed E-state index contributed by atoms with van der Waals surface area (Å²) in [6.07, 6.45) is 1.69. The Morgan fingerprint density at radius 1 is 0.958 bits per heavy atom. The SMILES string of the molecule is O=c1c2ccccc2nc(-c2ccccc2)n1N=Cc1cccs1. The lowest BCUT2D eigenvalue weighted by atomic mass is 10.2. The highest BCUT2D eigenvalue weighted by Crippen LogP contribution is 2.18.